The lowest BCUT2D eigenvalue weighted by molar-refractivity contribution is -0.445. The average Bonchev–Trinajstić information content (AvgIpc) is 2.07. The second-order valence-electron chi connectivity index (χ2n) is 3.26. The van der Waals surface area contributed by atoms with Crippen LogP contribution in [0.15, 0.2) is 0 Å². The van der Waals surface area contributed by atoms with E-state index in [0.29, 0.717) is 19.8 Å². The zero-order chi connectivity index (χ0) is 7.95. The van der Waals surface area contributed by atoms with Crippen LogP contribution in [0.5, 0.6) is 0 Å². The van der Waals surface area contributed by atoms with E-state index in [1.807, 2.05) is 7.05 Å². The summed E-state index contributed by atoms with van der Waals surface area (Å²) in [7, 11) is 1.89. The Hall–Kier alpha value is -0.160. The van der Waals surface area contributed by atoms with Gasteiger partial charge >= 0.3 is 0 Å². The Balaban J connectivity index is 2.12. The van der Waals surface area contributed by atoms with E-state index in [1.54, 1.807) is 6.92 Å². The van der Waals surface area contributed by atoms with E-state index in [0.717, 1.165) is 0 Å². The Morgan fingerprint density at radius 2 is 1.55 bits per heavy atom. The molecule has 3 aliphatic heterocycles. The zero-order valence-corrected chi connectivity index (χ0v) is 6.85. The van der Waals surface area contributed by atoms with E-state index in [4.69, 9.17) is 14.2 Å². The van der Waals surface area contributed by atoms with Crippen LogP contribution in [-0.4, -0.2) is 38.4 Å². The Kier molecular flexibility index (Phi) is 1.47. The second kappa shape index (κ2) is 2.17. The molecule has 0 aliphatic carbocycles. The Labute approximate surface area is 65.8 Å². The minimum absolute atomic E-state index is 0.113. The molecule has 3 saturated heterocycles. The zero-order valence-electron chi connectivity index (χ0n) is 6.85. The molecule has 0 aromatic heterocycles. The summed E-state index contributed by atoms with van der Waals surface area (Å²) in [5.74, 6) is -0.779. The van der Waals surface area contributed by atoms with Gasteiger partial charge in [-0.3, -0.25) is 0 Å². The van der Waals surface area contributed by atoms with Crippen LogP contribution in [0.4, 0.5) is 0 Å². The molecule has 4 heteroatoms. The monoisotopic (exact) mass is 159 g/mol. The van der Waals surface area contributed by atoms with Gasteiger partial charge in [-0.2, -0.15) is 0 Å². The molecule has 11 heavy (non-hydrogen) atoms. The topological polar surface area (TPSA) is 39.7 Å². The van der Waals surface area contributed by atoms with Crippen LogP contribution in [0.1, 0.15) is 6.92 Å². The SMILES string of the molecule is CNC12COC(C)(OC1)OC2. The highest BCUT2D eigenvalue weighted by molar-refractivity contribution is 4.93. The fraction of sp³-hybridized carbons (Fsp3) is 1.00. The summed E-state index contributed by atoms with van der Waals surface area (Å²) in [6, 6.07) is 0. The first-order valence-electron chi connectivity index (χ1n) is 3.79. The van der Waals surface area contributed by atoms with Crippen LogP contribution in [0.2, 0.25) is 0 Å². The lowest BCUT2D eigenvalue weighted by Gasteiger charge is -2.50. The van der Waals surface area contributed by atoms with Gasteiger partial charge in [0.2, 0.25) is 0 Å². The predicted molar refractivity (Wildman–Crippen MR) is 38.1 cm³/mol. The van der Waals surface area contributed by atoms with E-state index in [-0.39, 0.29) is 5.54 Å². The van der Waals surface area contributed by atoms with Crippen LogP contribution in [-0.2, 0) is 14.2 Å². The summed E-state index contributed by atoms with van der Waals surface area (Å²) in [6.07, 6.45) is 0. The van der Waals surface area contributed by atoms with Gasteiger partial charge < -0.3 is 19.5 Å². The van der Waals surface area contributed by atoms with Gasteiger partial charge in [0.05, 0.1) is 25.4 Å². The highest BCUT2D eigenvalue weighted by Crippen LogP contribution is 2.31. The fourth-order valence-electron chi connectivity index (χ4n) is 1.27. The highest BCUT2D eigenvalue weighted by atomic mass is 16.9. The number of hydrogen-bond donors (Lipinski definition) is 1. The van der Waals surface area contributed by atoms with Crippen molar-refractivity contribution in [3.05, 3.63) is 0 Å². The van der Waals surface area contributed by atoms with Crippen LogP contribution < -0.4 is 5.32 Å². The van der Waals surface area contributed by atoms with Crippen LogP contribution in [0, 0.1) is 0 Å². The Morgan fingerprint density at radius 3 is 1.91 bits per heavy atom. The molecule has 1 N–H and O–H groups in total. The third kappa shape index (κ3) is 1.06. The maximum Gasteiger partial charge on any atom is 0.280 e. The largest absolute Gasteiger partial charge is 0.326 e. The summed E-state index contributed by atoms with van der Waals surface area (Å²) in [4.78, 5) is 0. The van der Waals surface area contributed by atoms with Crippen molar-refractivity contribution in [3.63, 3.8) is 0 Å². The quantitative estimate of drug-likeness (QED) is 0.570. The van der Waals surface area contributed by atoms with E-state index in [1.165, 1.54) is 0 Å². The highest BCUT2D eigenvalue weighted by Gasteiger charge is 2.49. The number of hydrogen-bond acceptors (Lipinski definition) is 4. The number of rotatable bonds is 1. The van der Waals surface area contributed by atoms with E-state index in [2.05, 4.69) is 5.32 Å². The molecule has 0 atom stereocenters. The summed E-state index contributed by atoms with van der Waals surface area (Å²) in [6.45, 7) is 3.80. The molecule has 0 aromatic carbocycles. The smallest absolute Gasteiger partial charge is 0.280 e. The summed E-state index contributed by atoms with van der Waals surface area (Å²) in [5, 5.41) is 3.15. The maximum absolute atomic E-state index is 5.35. The molecule has 3 heterocycles. The first kappa shape index (κ1) is 7.49. The molecule has 0 saturated carbocycles. The Morgan fingerprint density at radius 1 is 1.09 bits per heavy atom. The predicted octanol–water partition coefficient (Wildman–Crippen LogP) is -0.305. The van der Waals surface area contributed by atoms with Gasteiger partial charge in [-0.15, -0.1) is 0 Å². The van der Waals surface area contributed by atoms with Crippen molar-refractivity contribution in [3.8, 4) is 0 Å². The van der Waals surface area contributed by atoms with Gasteiger partial charge in [0.15, 0.2) is 0 Å². The van der Waals surface area contributed by atoms with Crippen molar-refractivity contribution >= 4 is 0 Å². The molecule has 2 bridgehead atoms. The molecule has 3 fully saturated rings. The van der Waals surface area contributed by atoms with E-state index >= 15 is 0 Å². The number of fused-ring (bicyclic) bond motifs is 3. The number of nitrogens with one attached hydrogen (secondary N) is 1. The van der Waals surface area contributed by atoms with Crippen LogP contribution in [0.3, 0.4) is 0 Å². The summed E-state index contributed by atoms with van der Waals surface area (Å²) < 4.78 is 16.1. The van der Waals surface area contributed by atoms with Crippen LogP contribution in [0.25, 0.3) is 0 Å². The first-order valence-corrected chi connectivity index (χ1v) is 3.79. The number of likely N-dealkylation sites (N-methyl/N-ethyl adjacent to an activating group) is 1. The van der Waals surface area contributed by atoms with Crippen LogP contribution >= 0.6 is 0 Å². The molecule has 3 rings (SSSR count). The molecule has 0 amide bonds. The average molecular weight is 159 g/mol. The van der Waals surface area contributed by atoms with Gasteiger partial charge in [-0.25, -0.2) is 0 Å². The summed E-state index contributed by atoms with van der Waals surface area (Å²) in [5.41, 5.74) is -0.113. The van der Waals surface area contributed by atoms with Crippen molar-refractivity contribution in [2.75, 3.05) is 26.9 Å². The van der Waals surface area contributed by atoms with E-state index in [9.17, 15) is 0 Å². The fourth-order valence-corrected chi connectivity index (χ4v) is 1.27. The molecular formula is C7H13NO3. The minimum atomic E-state index is -0.779. The maximum atomic E-state index is 5.35. The summed E-state index contributed by atoms with van der Waals surface area (Å²) >= 11 is 0. The standard InChI is InChI=1S/C7H13NO3/c1-6-9-3-7(8-2,4-10-6)5-11-6/h8H,3-5H2,1-2H3. The molecule has 64 valence electrons. The van der Waals surface area contributed by atoms with Crippen molar-refractivity contribution in [1.29, 1.82) is 0 Å². The van der Waals surface area contributed by atoms with Gasteiger partial charge in [-0.1, -0.05) is 0 Å². The lowest BCUT2D eigenvalue weighted by atomic mass is 10.0. The normalized spacial score (nSPS) is 49.6. The third-order valence-corrected chi connectivity index (χ3v) is 2.36. The second-order valence-corrected chi connectivity index (χ2v) is 3.26. The van der Waals surface area contributed by atoms with E-state index < -0.39 is 5.97 Å². The van der Waals surface area contributed by atoms with Gasteiger partial charge in [0, 0.05) is 6.92 Å². The van der Waals surface area contributed by atoms with Gasteiger partial charge in [0.1, 0.15) is 0 Å². The molecule has 0 radical (unpaired) electrons. The molecule has 3 aliphatic rings. The minimum Gasteiger partial charge on any atom is -0.326 e. The van der Waals surface area contributed by atoms with Crippen molar-refractivity contribution in [2.24, 2.45) is 0 Å². The van der Waals surface area contributed by atoms with Crippen molar-refractivity contribution < 1.29 is 14.2 Å². The Bertz CT molecular complexity index is 147. The van der Waals surface area contributed by atoms with Crippen molar-refractivity contribution in [2.45, 2.75) is 18.4 Å². The molecular weight excluding hydrogens is 146 g/mol. The molecule has 0 aromatic rings. The molecule has 0 spiro atoms. The first-order chi connectivity index (χ1) is 5.18. The van der Waals surface area contributed by atoms with Gasteiger partial charge in [0.25, 0.3) is 5.97 Å². The van der Waals surface area contributed by atoms with Gasteiger partial charge in [-0.05, 0) is 7.05 Å². The molecule has 0 unspecified atom stereocenters. The number of ether oxygens (including phenoxy) is 3. The lowest BCUT2D eigenvalue weighted by Crippen LogP contribution is -2.68. The molecule has 4 nitrogen and oxygen atoms in total. The van der Waals surface area contributed by atoms with Crippen molar-refractivity contribution in [1.82, 2.24) is 5.32 Å². The third-order valence-electron chi connectivity index (χ3n) is 2.36.